The monoisotopic (exact) mass is 348 g/mol. The number of ether oxygens (including phenoxy) is 1. The van der Waals surface area contributed by atoms with E-state index in [1.54, 1.807) is 7.11 Å². The van der Waals surface area contributed by atoms with Crippen LogP contribution in [0, 0.1) is 5.92 Å². The van der Waals surface area contributed by atoms with Gasteiger partial charge in [-0.3, -0.25) is 4.79 Å². The van der Waals surface area contributed by atoms with Crippen molar-refractivity contribution in [1.82, 2.24) is 19.4 Å². The molecule has 2 aliphatic heterocycles. The van der Waals surface area contributed by atoms with Crippen LogP contribution in [-0.2, 0) is 16.1 Å². The van der Waals surface area contributed by atoms with Gasteiger partial charge in [-0.25, -0.2) is 4.98 Å². The highest BCUT2D eigenvalue weighted by Crippen LogP contribution is 2.28. The van der Waals surface area contributed by atoms with Gasteiger partial charge in [0.25, 0.3) is 0 Å². The molecule has 2 fully saturated rings. The molecule has 0 radical (unpaired) electrons. The molecule has 1 aromatic heterocycles. The number of hydrogen-bond donors (Lipinski definition) is 0. The van der Waals surface area contributed by atoms with Crippen molar-refractivity contribution in [2.24, 2.45) is 5.92 Å². The minimum absolute atomic E-state index is 0.166. The summed E-state index contributed by atoms with van der Waals surface area (Å²) in [7, 11) is 1.74. The lowest BCUT2D eigenvalue weighted by Crippen LogP contribution is -2.47. The van der Waals surface area contributed by atoms with Crippen LogP contribution >= 0.6 is 0 Å². The van der Waals surface area contributed by atoms with Gasteiger partial charge in [0.15, 0.2) is 0 Å². The molecule has 0 aromatic carbocycles. The highest BCUT2D eigenvalue weighted by Gasteiger charge is 2.32. The van der Waals surface area contributed by atoms with Gasteiger partial charge < -0.3 is 19.1 Å². The summed E-state index contributed by atoms with van der Waals surface area (Å²) >= 11 is 0. The fourth-order valence-corrected chi connectivity index (χ4v) is 4.24. The maximum atomic E-state index is 12.9. The second-order valence-electron chi connectivity index (χ2n) is 7.30. The van der Waals surface area contributed by atoms with Crippen LogP contribution in [0.4, 0.5) is 0 Å². The molecule has 0 unspecified atom stereocenters. The van der Waals surface area contributed by atoms with Crippen molar-refractivity contribution in [2.75, 3.05) is 46.4 Å². The van der Waals surface area contributed by atoms with Gasteiger partial charge in [-0.2, -0.15) is 0 Å². The van der Waals surface area contributed by atoms with Crippen LogP contribution in [0.25, 0.3) is 0 Å². The SMILES string of the molecule is CCn1ccnc1C1CCN(C(=O)[C@H]2CCCN(CCOC)C2)CC1. The summed E-state index contributed by atoms with van der Waals surface area (Å²) in [4.78, 5) is 22.0. The van der Waals surface area contributed by atoms with Gasteiger partial charge in [-0.05, 0) is 39.2 Å². The molecule has 0 spiro atoms. The van der Waals surface area contributed by atoms with E-state index < -0.39 is 0 Å². The maximum absolute atomic E-state index is 12.9. The zero-order valence-electron chi connectivity index (χ0n) is 15.7. The Balaban J connectivity index is 1.51. The van der Waals surface area contributed by atoms with E-state index >= 15 is 0 Å². The molecular formula is C19H32N4O2. The van der Waals surface area contributed by atoms with Crippen molar-refractivity contribution < 1.29 is 9.53 Å². The highest BCUT2D eigenvalue weighted by molar-refractivity contribution is 5.79. The number of likely N-dealkylation sites (tertiary alicyclic amines) is 2. The highest BCUT2D eigenvalue weighted by atomic mass is 16.5. The largest absolute Gasteiger partial charge is 0.383 e. The summed E-state index contributed by atoms with van der Waals surface area (Å²) in [6.45, 7) is 8.52. The molecule has 6 heteroatoms. The number of piperidine rings is 2. The van der Waals surface area contributed by atoms with Crippen LogP contribution < -0.4 is 0 Å². The molecule has 2 saturated heterocycles. The van der Waals surface area contributed by atoms with E-state index in [9.17, 15) is 4.79 Å². The van der Waals surface area contributed by atoms with Gasteiger partial charge in [0.1, 0.15) is 5.82 Å². The van der Waals surface area contributed by atoms with Crippen molar-refractivity contribution in [1.29, 1.82) is 0 Å². The number of hydrogen-bond acceptors (Lipinski definition) is 4. The van der Waals surface area contributed by atoms with Crippen molar-refractivity contribution in [2.45, 2.75) is 45.1 Å². The minimum atomic E-state index is 0.166. The van der Waals surface area contributed by atoms with Crippen molar-refractivity contribution in [3.8, 4) is 0 Å². The van der Waals surface area contributed by atoms with Crippen molar-refractivity contribution >= 4 is 5.91 Å². The summed E-state index contributed by atoms with van der Waals surface area (Å²) in [5.74, 6) is 2.21. The molecule has 2 aliphatic rings. The van der Waals surface area contributed by atoms with E-state index in [0.29, 0.717) is 11.8 Å². The van der Waals surface area contributed by atoms with Gasteiger partial charge >= 0.3 is 0 Å². The molecule has 0 aliphatic carbocycles. The number of imidazole rings is 1. The Hall–Kier alpha value is -1.40. The van der Waals surface area contributed by atoms with Gasteiger partial charge in [0, 0.05) is 58.1 Å². The van der Waals surface area contributed by atoms with Crippen LogP contribution in [-0.4, -0.2) is 71.7 Å². The van der Waals surface area contributed by atoms with Gasteiger partial charge in [-0.1, -0.05) is 0 Å². The third-order valence-corrected chi connectivity index (χ3v) is 5.73. The number of amides is 1. The second kappa shape index (κ2) is 8.81. The predicted octanol–water partition coefficient (Wildman–Crippen LogP) is 1.97. The molecule has 1 amide bonds. The fourth-order valence-electron chi connectivity index (χ4n) is 4.24. The number of carbonyl (C=O) groups excluding carboxylic acids is 1. The summed E-state index contributed by atoms with van der Waals surface area (Å²) in [5.41, 5.74) is 0. The molecule has 0 bridgehead atoms. The maximum Gasteiger partial charge on any atom is 0.226 e. The first-order valence-corrected chi connectivity index (χ1v) is 9.74. The van der Waals surface area contributed by atoms with E-state index in [-0.39, 0.29) is 5.92 Å². The lowest BCUT2D eigenvalue weighted by molar-refractivity contribution is -0.138. The molecule has 0 saturated carbocycles. The van der Waals surface area contributed by atoms with E-state index in [0.717, 1.165) is 71.6 Å². The Labute approximate surface area is 151 Å². The van der Waals surface area contributed by atoms with Gasteiger partial charge in [-0.15, -0.1) is 0 Å². The number of nitrogens with zero attached hydrogens (tertiary/aromatic N) is 4. The smallest absolute Gasteiger partial charge is 0.226 e. The number of aromatic nitrogens is 2. The Bertz CT molecular complexity index is 551. The van der Waals surface area contributed by atoms with Crippen LogP contribution in [0.5, 0.6) is 0 Å². The molecule has 3 rings (SSSR count). The second-order valence-corrected chi connectivity index (χ2v) is 7.30. The van der Waals surface area contributed by atoms with E-state index in [2.05, 4.69) is 32.5 Å². The standard InChI is InChI=1S/C19H32N4O2/c1-3-22-12-8-20-18(22)16-6-10-23(11-7-16)19(24)17-5-4-9-21(15-17)13-14-25-2/h8,12,16-17H,3-7,9-11,13-15H2,1-2H3/t17-/m0/s1. The average molecular weight is 348 g/mol. The first-order chi connectivity index (χ1) is 12.2. The molecule has 0 N–H and O–H groups in total. The van der Waals surface area contributed by atoms with Crippen LogP contribution in [0.3, 0.4) is 0 Å². The van der Waals surface area contributed by atoms with E-state index in [1.165, 1.54) is 5.82 Å². The summed E-state index contributed by atoms with van der Waals surface area (Å²) in [6, 6.07) is 0. The fraction of sp³-hybridized carbons (Fsp3) is 0.789. The van der Waals surface area contributed by atoms with Crippen LogP contribution in [0.1, 0.15) is 44.3 Å². The number of carbonyl (C=O) groups is 1. The van der Waals surface area contributed by atoms with Gasteiger partial charge in [0.05, 0.1) is 12.5 Å². The number of aryl methyl sites for hydroxylation is 1. The molecule has 3 heterocycles. The average Bonchev–Trinajstić information content (AvgIpc) is 3.15. The Morgan fingerprint density at radius 2 is 2.08 bits per heavy atom. The van der Waals surface area contributed by atoms with Crippen LogP contribution in [0.15, 0.2) is 12.4 Å². The number of methoxy groups -OCH3 is 1. The lowest BCUT2D eigenvalue weighted by atomic mass is 9.92. The third kappa shape index (κ3) is 4.42. The molecular weight excluding hydrogens is 316 g/mol. The van der Waals surface area contributed by atoms with Crippen molar-refractivity contribution in [3.63, 3.8) is 0 Å². The quantitative estimate of drug-likeness (QED) is 0.789. The van der Waals surface area contributed by atoms with Crippen LogP contribution in [0.2, 0.25) is 0 Å². The topological polar surface area (TPSA) is 50.6 Å². The third-order valence-electron chi connectivity index (χ3n) is 5.73. The van der Waals surface area contributed by atoms with Crippen molar-refractivity contribution in [3.05, 3.63) is 18.2 Å². The zero-order chi connectivity index (χ0) is 17.6. The molecule has 6 nitrogen and oxygen atoms in total. The first kappa shape index (κ1) is 18.4. The molecule has 1 atom stereocenters. The number of rotatable bonds is 6. The van der Waals surface area contributed by atoms with E-state index in [1.807, 2.05) is 6.20 Å². The zero-order valence-corrected chi connectivity index (χ0v) is 15.7. The summed E-state index contributed by atoms with van der Waals surface area (Å²) in [6.07, 6.45) is 8.16. The van der Waals surface area contributed by atoms with E-state index in [4.69, 9.17) is 4.74 Å². The molecule has 25 heavy (non-hydrogen) atoms. The van der Waals surface area contributed by atoms with Gasteiger partial charge in [0.2, 0.25) is 5.91 Å². The predicted molar refractivity (Wildman–Crippen MR) is 97.5 cm³/mol. The first-order valence-electron chi connectivity index (χ1n) is 9.74. The summed E-state index contributed by atoms with van der Waals surface area (Å²) in [5, 5.41) is 0. The normalized spacial score (nSPS) is 23.1. The molecule has 1 aromatic rings. The Morgan fingerprint density at radius 1 is 1.28 bits per heavy atom. The molecule has 140 valence electrons. The Morgan fingerprint density at radius 3 is 2.80 bits per heavy atom. The minimum Gasteiger partial charge on any atom is -0.383 e. The Kier molecular flexibility index (Phi) is 6.48. The summed E-state index contributed by atoms with van der Waals surface area (Å²) < 4.78 is 7.41. The lowest BCUT2D eigenvalue weighted by Gasteiger charge is -2.37.